The van der Waals surface area contributed by atoms with Gasteiger partial charge in [-0.1, -0.05) is 0 Å². The van der Waals surface area contributed by atoms with Crippen LogP contribution in [0.4, 0.5) is 0 Å². The number of aliphatic hydroxyl groups excluding tert-OH is 1. The van der Waals surface area contributed by atoms with E-state index in [9.17, 15) is 10.1 Å². The summed E-state index contributed by atoms with van der Waals surface area (Å²) in [4.78, 5) is 9.66. The first-order valence-electron chi connectivity index (χ1n) is 2.88. The molecule has 1 aliphatic carbocycles. The molecule has 0 amide bonds. The lowest BCUT2D eigenvalue weighted by Gasteiger charge is -2.05. The molecule has 0 radical (unpaired) electrons. The number of aliphatic hydroxyl groups is 1. The van der Waals surface area contributed by atoms with Crippen molar-refractivity contribution in [3.8, 4) is 0 Å². The van der Waals surface area contributed by atoms with Crippen LogP contribution in [0.15, 0.2) is 24.3 Å². The summed E-state index contributed by atoms with van der Waals surface area (Å²) in [7, 11) is 0. The minimum Gasteiger partial charge on any atom is -0.385 e. The Morgan fingerprint density at radius 3 is 2.20 bits per heavy atom. The maximum absolute atomic E-state index is 10.1. The van der Waals surface area contributed by atoms with E-state index in [0.717, 1.165) is 0 Å². The molecule has 0 heterocycles. The number of hydrogen-bond donors (Lipinski definition) is 1. The standard InChI is InChI=1S/C6H7NO3/c8-6-3-1-5(2-4-6)7(9)10/h1-6,8H. The van der Waals surface area contributed by atoms with E-state index in [4.69, 9.17) is 5.11 Å². The summed E-state index contributed by atoms with van der Waals surface area (Å²) in [5.74, 6) is 0. The molecule has 0 aliphatic heterocycles. The number of rotatable bonds is 1. The Balaban J connectivity index is 2.62. The second kappa shape index (κ2) is 2.62. The molecule has 0 fully saturated rings. The molecule has 0 saturated carbocycles. The topological polar surface area (TPSA) is 63.4 Å². The van der Waals surface area contributed by atoms with E-state index in [1.54, 1.807) is 0 Å². The molecule has 0 atom stereocenters. The summed E-state index contributed by atoms with van der Waals surface area (Å²) in [5.41, 5.74) is 0. The summed E-state index contributed by atoms with van der Waals surface area (Å²) in [6, 6.07) is -0.761. The van der Waals surface area contributed by atoms with Crippen molar-refractivity contribution in [2.75, 3.05) is 0 Å². The molecule has 1 N–H and O–H groups in total. The fraction of sp³-hybridized carbons (Fsp3) is 0.333. The summed E-state index contributed by atoms with van der Waals surface area (Å²) in [6.45, 7) is 0. The van der Waals surface area contributed by atoms with Crippen LogP contribution in [0.2, 0.25) is 0 Å². The van der Waals surface area contributed by atoms with E-state index < -0.39 is 17.1 Å². The maximum Gasteiger partial charge on any atom is 0.249 e. The van der Waals surface area contributed by atoms with Crippen LogP contribution in [-0.4, -0.2) is 22.2 Å². The monoisotopic (exact) mass is 141 g/mol. The van der Waals surface area contributed by atoms with E-state index in [-0.39, 0.29) is 0 Å². The van der Waals surface area contributed by atoms with Crippen LogP contribution in [0.25, 0.3) is 0 Å². The molecule has 0 unspecified atom stereocenters. The molecular weight excluding hydrogens is 134 g/mol. The zero-order valence-corrected chi connectivity index (χ0v) is 5.18. The molecule has 0 aromatic rings. The van der Waals surface area contributed by atoms with Gasteiger partial charge in [-0.25, -0.2) is 0 Å². The normalized spacial score (nSPS) is 30.5. The van der Waals surface area contributed by atoms with Crippen LogP contribution in [0.3, 0.4) is 0 Å². The van der Waals surface area contributed by atoms with E-state index in [1.807, 2.05) is 0 Å². The average molecular weight is 141 g/mol. The molecule has 10 heavy (non-hydrogen) atoms. The zero-order chi connectivity index (χ0) is 7.56. The third-order valence-electron chi connectivity index (χ3n) is 1.25. The Morgan fingerprint density at radius 1 is 1.30 bits per heavy atom. The highest BCUT2D eigenvalue weighted by Crippen LogP contribution is 2.04. The van der Waals surface area contributed by atoms with Crippen LogP contribution >= 0.6 is 0 Å². The van der Waals surface area contributed by atoms with Gasteiger partial charge in [-0.15, -0.1) is 0 Å². The van der Waals surface area contributed by atoms with Gasteiger partial charge in [-0.3, -0.25) is 10.1 Å². The predicted octanol–water partition coefficient (Wildman–Crippen LogP) is 0.119. The molecule has 4 heteroatoms. The third-order valence-corrected chi connectivity index (χ3v) is 1.25. The van der Waals surface area contributed by atoms with Crippen molar-refractivity contribution in [2.45, 2.75) is 12.1 Å². The minimum absolute atomic E-state index is 0.418. The molecule has 0 saturated heterocycles. The third kappa shape index (κ3) is 1.41. The van der Waals surface area contributed by atoms with Gasteiger partial charge in [-0.05, 0) is 24.3 Å². The second-order valence-corrected chi connectivity index (χ2v) is 2.04. The first-order chi connectivity index (χ1) is 4.70. The maximum atomic E-state index is 10.1. The van der Waals surface area contributed by atoms with E-state index in [2.05, 4.69) is 0 Å². The van der Waals surface area contributed by atoms with Crippen LogP contribution in [0, 0.1) is 10.1 Å². The number of nitrogens with zero attached hydrogens (tertiary/aromatic N) is 1. The van der Waals surface area contributed by atoms with Gasteiger partial charge in [0.15, 0.2) is 0 Å². The van der Waals surface area contributed by atoms with Crippen molar-refractivity contribution >= 4 is 0 Å². The van der Waals surface area contributed by atoms with Crippen molar-refractivity contribution in [1.29, 1.82) is 0 Å². The molecule has 4 nitrogen and oxygen atoms in total. The Hall–Kier alpha value is -1.16. The highest BCUT2D eigenvalue weighted by Gasteiger charge is 2.15. The summed E-state index contributed by atoms with van der Waals surface area (Å²) < 4.78 is 0. The van der Waals surface area contributed by atoms with Gasteiger partial charge in [0, 0.05) is 4.92 Å². The van der Waals surface area contributed by atoms with Crippen molar-refractivity contribution in [3.05, 3.63) is 34.4 Å². The summed E-state index contributed by atoms with van der Waals surface area (Å²) in [6.07, 6.45) is 4.87. The van der Waals surface area contributed by atoms with Crippen LogP contribution < -0.4 is 0 Å². The first-order valence-corrected chi connectivity index (χ1v) is 2.88. The molecule has 0 bridgehead atoms. The fourth-order valence-corrected chi connectivity index (χ4v) is 0.724. The smallest absolute Gasteiger partial charge is 0.249 e. The predicted molar refractivity (Wildman–Crippen MR) is 35.1 cm³/mol. The molecule has 0 spiro atoms. The van der Waals surface area contributed by atoms with Crippen molar-refractivity contribution in [3.63, 3.8) is 0 Å². The number of nitro groups is 1. The molecular formula is C6H7NO3. The molecule has 0 aromatic carbocycles. The average Bonchev–Trinajstić information content (AvgIpc) is 1.88. The summed E-state index contributed by atoms with van der Waals surface area (Å²) in [5, 5.41) is 18.9. The van der Waals surface area contributed by atoms with Crippen LogP contribution in [0.5, 0.6) is 0 Å². The van der Waals surface area contributed by atoms with Gasteiger partial charge < -0.3 is 5.11 Å². The SMILES string of the molecule is O=[N+]([O-])C1C=CC(O)C=C1. The van der Waals surface area contributed by atoms with Crippen molar-refractivity contribution < 1.29 is 10.0 Å². The number of hydrogen-bond acceptors (Lipinski definition) is 3. The highest BCUT2D eigenvalue weighted by atomic mass is 16.6. The van der Waals surface area contributed by atoms with Gasteiger partial charge >= 0.3 is 0 Å². The Kier molecular flexibility index (Phi) is 1.82. The lowest BCUT2D eigenvalue weighted by atomic mass is 10.1. The zero-order valence-electron chi connectivity index (χ0n) is 5.18. The van der Waals surface area contributed by atoms with Crippen LogP contribution in [-0.2, 0) is 0 Å². The largest absolute Gasteiger partial charge is 0.385 e. The highest BCUT2D eigenvalue weighted by molar-refractivity contribution is 5.15. The quantitative estimate of drug-likeness (QED) is 0.320. The van der Waals surface area contributed by atoms with E-state index in [1.165, 1.54) is 24.3 Å². The van der Waals surface area contributed by atoms with Crippen LogP contribution in [0.1, 0.15) is 0 Å². The second-order valence-electron chi connectivity index (χ2n) is 2.04. The minimum atomic E-state index is -0.761. The summed E-state index contributed by atoms with van der Waals surface area (Å²) >= 11 is 0. The Bertz CT molecular complexity index is 183. The van der Waals surface area contributed by atoms with Gasteiger partial charge in [0.25, 0.3) is 0 Å². The molecule has 54 valence electrons. The fourth-order valence-electron chi connectivity index (χ4n) is 0.724. The molecule has 0 aromatic heterocycles. The van der Waals surface area contributed by atoms with Crippen molar-refractivity contribution in [2.24, 2.45) is 0 Å². The van der Waals surface area contributed by atoms with E-state index in [0.29, 0.717) is 0 Å². The van der Waals surface area contributed by atoms with Gasteiger partial charge in [-0.2, -0.15) is 0 Å². The molecule has 1 rings (SSSR count). The van der Waals surface area contributed by atoms with Gasteiger partial charge in [0.1, 0.15) is 0 Å². The van der Waals surface area contributed by atoms with E-state index >= 15 is 0 Å². The Morgan fingerprint density at radius 2 is 1.80 bits per heavy atom. The lowest BCUT2D eigenvalue weighted by molar-refractivity contribution is -0.496. The molecule has 1 aliphatic rings. The Labute approximate surface area is 57.6 Å². The first kappa shape index (κ1) is 6.95. The van der Waals surface area contributed by atoms with Gasteiger partial charge in [0.2, 0.25) is 6.04 Å². The lowest BCUT2D eigenvalue weighted by Crippen LogP contribution is -2.18. The van der Waals surface area contributed by atoms with Gasteiger partial charge in [0.05, 0.1) is 6.10 Å². The van der Waals surface area contributed by atoms with Crippen molar-refractivity contribution in [1.82, 2.24) is 0 Å².